The van der Waals surface area contributed by atoms with Gasteiger partial charge in [0.05, 0.1) is 31.4 Å². The lowest BCUT2D eigenvalue weighted by Crippen LogP contribution is -2.50. The first-order valence-electron chi connectivity index (χ1n) is 5.27. The van der Waals surface area contributed by atoms with E-state index in [1.54, 1.807) is 0 Å². The second-order valence-electron chi connectivity index (χ2n) is 3.80. The summed E-state index contributed by atoms with van der Waals surface area (Å²) in [4.78, 5) is 9.78. The van der Waals surface area contributed by atoms with Crippen molar-refractivity contribution in [1.82, 2.24) is 5.32 Å². The van der Waals surface area contributed by atoms with Crippen LogP contribution >= 0.6 is 0 Å². The monoisotopic (exact) mass is 244 g/mol. The molecule has 0 aromatic carbocycles. The smallest absolute Gasteiger partial charge is 0.404 e. The fourth-order valence-electron chi connectivity index (χ4n) is 1.34. The summed E-state index contributed by atoms with van der Waals surface area (Å²) in [5.74, 6) is 0.0633. The molecule has 96 valence electrons. The van der Waals surface area contributed by atoms with Crippen LogP contribution in [0.2, 0.25) is 0 Å². The van der Waals surface area contributed by atoms with E-state index < -0.39 is 10.5 Å². The number of nitro groups is 1. The van der Waals surface area contributed by atoms with Gasteiger partial charge in [-0.25, -0.2) is 0 Å². The third-order valence-electron chi connectivity index (χ3n) is 2.75. The van der Waals surface area contributed by atoms with Gasteiger partial charge in [-0.1, -0.05) is 6.92 Å². The van der Waals surface area contributed by atoms with E-state index in [-0.39, 0.29) is 25.6 Å². The highest BCUT2D eigenvalue weighted by Crippen LogP contribution is 2.17. The molecule has 0 bridgehead atoms. The Kier molecular flexibility index (Phi) is 4.62. The third-order valence-corrected chi connectivity index (χ3v) is 2.75. The van der Waals surface area contributed by atoms with E-state index in [1.165, 1.54) is 12.1 Å². The maximum Gasteiger partial charge on any atom is 0.433 e. The molecule has 17 heavy (non-hydrogen) atoms. The summed E-state index contributed by atoms with van der Waals surface area (Å²) in [7, 11) is 0. The zero-order valence-electron chi connectivity index (χ0n) is 9.55. The minimum absolute atomic E-state index is 0.211. The first-order chi connectivity index (χ1) is 8.06. The van der Waals surface area contributed by atoms with Crippen LogP contribution in [-0.2, 0) is 6.54 Å². The molecule has 0 spiro atoms. The van der Waals surface area contributed by atoms with Crippen LogP contribution in [-0.4, -0.2) is 33.9 Å². The van der Waals surface area contributed by atoms with E-state index in [0.717, 1.165) is 0 Å². The van der Waals surface area contributed by atoms with Crippen LogP contribution in [0.3, 0.4) is 0 Å². The average Bonchev–Trinajstić information content (AvgIpc) is 2.81. The Bertz CT molecular complexity index is 364. The Morgan fingerprint density at radius 2 is 2.12 bits per heavy atom. The fourth-order valence-corrected chi connectivity index (χ4v) is 1.34. The molecule has 1 rings (SSSR count). The number of furan rings is 1. The molecular weight excluding hydrogens is 228 g/mol. The Labute approximate surface area is 98.2 Å². The summed E-state index contributed by atoms with van der Waals surface area (Å²) in [6.07, 6.45) is 0.531. The maximum atomic E-state index is 10.4. The Morgan fingerprint density at radius 3 is 2.53 bits per heavy atom. The van der Waals surface area contributed by atoms with Gasteiger partial charge in [-0.05, 0) is 12.5 Å². The Morgan fingerprint density at radius 1 is 1.47 bits per heavy atom. The maximum absolute atomic E-state index is 10.4. The van der Waals surface area contributed by atoms with Crippen LogP contribution in [0.15, 0.2) is 16.5 Å². The van der Waals surface area contributed by atoms with Gasteiger partial charge in [0.15, 0.2) is 0 Å². The number of nitrogens with zero attached hydrogens (tertiary/aromatic N) is 1. The molecule has 0 aliphatic carbocycles. The van der Waals surface area contributed by atoms with Crippen molar-refractivity contribution in [3.63, 3.8) is 0 Å². The highest BCUT2D eigenvalue weighted by molar-refractivity contribution is 5.17. The standard InChI is InChI=1S/C10H16N2O5/c1-2-10(6-13,7-14)11-5-8-3-4-9(17-8)12(15)16/h3-4,11,13-14H,2,5-7H2,1H3. The topological polar surface area (TPSA) is 109 Å². The van der Waals surface area contributed by atoms with Gasteiger partial charge in [-0.15, -0.1) is 0 Å². The molecule has 0 aliphatic rings. The Hall–Kier alpha value is -1.44. The quantitative estimate of drug-likeness (QED) is 0.473. The number of hydrogen-bond acceptors (Lipinski definition) is 6. The summed E-state index contributed by atoms with van der Waals surface area (Å²) in [6, 6.07) is 2.75. The summed E-state index contributed by atoms with van der Waals surface area (Å²) in [6.45, 7) is 1.60. The lowest BCUT2D eigenvalue weighted by atomic mass is 9.98. The zero-order chi connectivity index (χ0) is 12.9. The van der Waals surface area contributed by atoms with Gasteiger partial charge in [0.1, 0.15) is 10.7 Å². The Balaban J connectivity index is 2.62. The van der Waals surface area contributed by atoms with E-state index in [1.807, 2.05) is 6.92 Å². The van der Waals surface area contributed by atoms with Crippen LogP contribution in [0.4, 0.5) is 5.88 Å². The van der Waals surface area contributed by atoms with Crippen LogP contribution < -0.4 is 5.32 Å². The van der Waals surface area contributed by atoms with Gasteiger partial charge >= 0.3 is 5.88 Å². The van der Waals surface area contributed by atoms with Crippen molar-refractivity contribution >= 4 is 5.88 Å². The predicted molar refractivity (Wildman–Crippen MR) is 59.4 cm³/mol. The molecule has 0 amide bonds. The number of hydrogen-bond donors (Lipinski definition) is 3. The van der Waals surface area contributed by atoms with Crippen molar-refractivity contribution in [2.45, 2.75) is 25.4 Å². The predicted octanol–water partition coefficient (Wildman–Crippen LogP) is 0.411. The van der Waals surface area contributed by atoms with Crippen LogP contribution in [0.5, 0.6) is 0 Å². The molecule has 0 atom stereocenters. The SMILES string of the molecule is CCC(CO)(CO)NCc1ccc([N+](=O)[O-])o1. The molecule has 0 unspecified atom stereocenters. The lowest BCUT2D eigenvalue weighted by molar-refractivity contribution is -0.402. The van der Waals surface area contributed by atoms with Crippen molar-refractivity contribution in [2.24, 2.45) is 0 Å². The summed E-state index contributed by atoms with van der Waals surface area (Å²) >= 11 is 0. The fraction of sp³-hybridized carbons (Fsp3) is 0.600. The van der Waals surface area contributed by atoms with Gasteiger partial charge in [-0.3, -0.25) is 10.1 Å². The van der Waals surface area contributed by atoms with Crippen LogP contribution in [0, 0.1) is 10.1 Å². The summed E-state index contributed by atoms with van der Waals surface area (Å²) in [5.41, 5.74) is -0.790. The highest BCUT2D eigenvalue weighted by atomic mass is 16.6. The van der Waals surface area contributed by atoms with E-state index in [0.29, 0.717) is 12.2 Å². The minimum Gasteiger partial charge on any atom is -0.404 e. The summed E-state index contributed by atoms with van der Waals surface area (Å²) < 4.78 is 4.95. The van der Waals surface area contributed by atoms with E-state index in [9.17, 15) is 20.3 Å². The van der Waals surface area contributed by atoms with E-state index in [2.05, 4.69) is 5.32 Å². The molecule has 0 fully saturated rings. The van der Waals surface area contributed by atoms with Crippen molar-refractivity contribution in [3.8, 4) is 0 Å². The molecular formula is C10H16N2O5. The molecule has 7 nitrogen and oxygen atoms in total. The number of aliphatic hydroxyl groups is 2. The molecule has 0 aliphatic heterocycles. The average molecular weight is 244 g/mol. The lowest BCUT2D eigenvalue weighted by Gasteiger charge is -2.29. The van der Waals surface area contributed by atoms with Crippen molar-refractivity contribution in [2.75, 3.05) is 13.2 Å². The molecule has 1 heterocycles. The van der Waals surface area contributed by atoms with Crippen molar-refractivity contribution < 1.29 is 19.6 Å². The first kappa shape index (κ1) is 13.6. The molecule has 0 radical (unpaired) electrons. The molecule has 7 heteroatoms. The van der Waals surface area contributed by atoms with Gasteiger partial charge < -0.3 is 19.9 Å². The van der Waals surface area contributed by atoms with Gasteiger partial charge in [-0.2, -0.15) is 0 Å². The first-order valence-corrected chi connectivity index (χ1v) is 5.27. The second-order valence-corrected chi connectivity index (χ2v) is 3.80. The molecule has 0 saturated heterocycles. The number of rotatable bonds is 7. The van der Waals surface area contributed by atoms with E-state index >= 15 is 0 Å². The van der Waals surface area contributed by atoms with Crippen LogP contribution in [0.1, 0.15) is 19.1 Å². The summed E-state index contributed by atoms with van der Waals surface area (Å²) in [5, 5.41) is 31.7. The molecule has 3 N–H and O–H groups in total. The van der Waals surface area contributed by atoms with Crippen LogP contribution in [0.25, 0.3) is 0 Å². The molecule has 0 saturated carbocycles. The third kappa shape index (κ3) is 3.26. The largest absolute Gasteiger partial charge is 0.433 e. The van der Waals surface area contributed by atoms with Gasteiger partial charge in [0.2, 0.25) is 0 Å². The molecule has 1 aromatic rings. The van der Waals surface area contributed by atoms with Crippen molar-refractivity contribution in [1.29, 1.82) is 0 Å². The molecule has 1 aromatic heterocycles. The normalized spacial score (nSPS) is 11.7. The van der Waals surface area contributed by atoms with Crippen molar-refractivity contribution in [3.05, 3.63) is 28.0 Å². The number of aliphatic hydroxyl groups excluding tert-OH is 2. The van der Waals surface area contributed by atoms with Gasteiger partial charge in [0.25, 0.3) is 0 Å². The van der Waals surface area contributed by atoms with Gasteiger partial charge in [0, 0.05) is 0 Å². The second kappa shape index (κ2) is 5.76. The number of nitrogens with one attached hydrogen (secondary N) is 1. The highest BCUT2D eigenvalue weighted by Gasteiger charge is 2.26. The zero-order valence-corrected chi connectivity index (χ0v) is 9.55. The minimum atomic E-state index is -0.790. The van der Waals surface area contributed by atoms with E-state index in [4.69, 9.17) is 4.42 Å².